The fourth-order valence-corrected chi connectivity index (χ4v) is 2.43. The lowest BCUT2D eigenvalue weighted by atomic mass is 9.78. The third kappa shape index (κ3) is 2.34. The van der Waals surface area contributed by atoms with Crippen molar-refractivity contribution < 1.29 is 9.53 Å². The Morgan fingerprint density at radius 3 is 2.72 bits per heavy atom. The molecule has 1 aromatic carbocycles. The van der Waals surface area contributed by atoms with E-state index in [-0.39, 0.29) is 5.91 Å². The predicted octanol–water partition coefficient (Wildman–Crippen LogP) is 2.63. The van der Waals surface area contributed by atoms with Crippen molar-refractivity contribution in [2.75, 3.05) is 7.11 Å². The van der Waals surface area contributed by atoms with Gasteiger partial charge in [0.05, 0.1) is 17.7 Å². The number of hydrogen-bond acceptors (Lipinski definition) is 3. The second-order valence-electron chi connectivity index (χ2n) is 4.35. The number of nitrogens with one attached hydrogen (secondary N) is 1. The van der Waals surface area contributed by atoms with E-state index >= 15 is 0 Å². The smallest absolute Gasteiger partial charge is 0.252 e. The van der Waals surface area contributed by atoms with Crippen LogP contribution in [0.2, 0.25) is 0 Å². The van der Waals surface area contributed by atoms with Crippen molar-refractivity contribution in [3.8, 4) is 11.8 Å². The van der Waals surface area contributed by atoms with Crippen molar-refractivity contribution in [2.24, 2.45) is 0 Å². The highest BCUT2D eigenvalue weighted by Crippen LogP contribution is 2.32. The van der Waals surface area contributed by atoms with Crippen LogP contribution < -0.4 is 10.1 Å². The minimum atomic E-state index is -0.663. The number of nitriles is 1. The average Bonchev–Trinajstić information content (AvgIpc) is 2.33. The van der Waals surface area contributed by atoms with Crippen LogP contribution in [0.15, 0.2) is 22.7 Å². The van der Waals surface area contributed by atoms with Gasteiger partial charge in [-0.1, -0.05) is 0 Å². The third-order valence-corrected chi connectivity index (χ3v) is 3.81. The van der Waals surface area contributed by atoms with E-state index in [2.05, 4.69) is 27.3 Å². The molecular formula is C13H13BrN2O2. The van der Waals surface area contributed by atoms with Gasteiger partial charge in [-0.3, -0.25) is 4.79 Å². The molecule has 0 aliphatic heterocycles. The molecule has 1 aromatic rings. The van der Waals surface area contributed by atoms with Crippen LogP contribution in [0.4, 0.5) is 0 Å². The number of carbonyl (C=O) groups is 1. The van der Waals surface area contributed by atoms with Gasteiger partial charge in [0, 0.05) is 5.56 Å². The van der Waals surface area contributed by atoms with E-state index in [0.29, 0.717) is 11.3 Å². The van der Waals surface area contributed by atoms with Crippen LogP contribution >= 0.6 is 15.9 Å². The largest absolute Gasteiger partial charge is 0.496 e. The lowest BCUT2D eigenvalue weighted by Crippen LogP contribution is -2.52. The lowest BCUT2D eigenvalue weighted by molar-refractivity contribution is 0.0881. The Morgan fingerprint density at radius 2 is 2.28 bits per heavy atom. The maximum atomic E-state index is 12.0. The van der Waals surface area contributed by atoms with Crippen molar-refractivity contribution in [3.05, 3.63) is 28.2 Å². The van der Waals surface area contributed by atoms with Gasteiger partial charge in [-0.15, -0.1) is 0 Å². The second-order valence-corrected chi connectivity index (χ2v) is 5.21. The fourth-order valence-electron chi connectivity index (χ4n) is 1.89. The van der Waals surface area contributed by atoms with Gasteiger partial charge in [-0.2, -0.15) is 5.26 Å². The number of halogens is 1. The molecule has 1 amide bonds. The van der Waals surface area contributed by atoms with E-state index in [0.717, 1.165) is 23.7 Å². The average molecular weight is 309 g/mol. The fraction of sp³-hybridized carbons (Fsp3) is 0.385. The number of rotatable bonds is 3. The van der Waals surface area contributed by atoms with Crippen molar-refractivity contribution in [3.63, 3.8) is 0 Å². The van der Waals surface area contributed by atoms with Crippen LogP contribution in [0.25, 0.3) is 0 Å². The first-order valence-electron chi connectivity index (χ1n) is 5.67. The van der Waals surface area contributed by atoms with E-state index < -0.39 is 5.54 Å². The summed E-state index contributed by atoms with van der Waals surface area (Å²) >= 11 is 3.33. The Morgan fingerprint density at radius 1 is 1.56 bits per heavy atom. The van der Waals surface area contributed by atoms with Gasteiger partial charge < -0.3 is 10.1 Å². The summed E-state index contributed by atoms with van der Waals surface area (Å²) in [4.78, 5) is 12.0. The van der Waals surface area contributed by atoms with Crippen LogP contribution in [-0.4, -0.2) is 18.6 Å². The summed E-state index contributed by atoms with van der Waals surface area (Å²) in [6, 6.07) is 7.28. The molecule has 18 heavy (non-hydrogen) atoms. The zero-order valence-corrected chi connectivity index (χ0v) is 11.6. The minimum absolute atomic E-state index is 0.223. The summed E-state index contributed by atoms with van der Waals surface area (Å²) in [7, 11) is 1.57. The number of hydrogen-bond donors (Lipinski definition) is 1. The molecule has 1 aliphatic rings. The monoisotopic (exact) mass is 308 g/mol. The van der Waals surface area contributed by atoms with Crippen LogP contribution in [0.3, 0.4) is 0 Å². The van der Waals surface area contributed by atoms with Crippen molar-refractivity contribution in [1.82, 2.24) is 5.32 Å². The Balaban J connectivity index is 2.15. The number of nitrogens with zero attached hydrogens (tertiary/aromatic N) is 1. The lowest BCUT2D eigenvalue weighted by Gasteiger charge is -2.35. The van der Waals surface area contributed by atoms with Gasteiger partial charge in [-0.25, -0.2) is 0 Å². The van der Waals surface area contributed by atoms with Crippen molar-refractivity contribution in [1.29, 1.82) is 5.26 Å². The summed E-state index contributed by atoms with van der Waals surface area (Å²) in [5.74, 6) is 0.449. The molecule has 1 saturated carbocycles. The Kier molecular flexibility index (Phi) is 3.58. The highest BCUT2D eigenvalue weighted by Gasteiger charge is 2.38. The molecule has 2 rings (SSSR count). The van der Waals surface area contributed by atoms with Gasteiger partial charge in [0.25, 0.3) is 5.91 Å². The molecule has 0 heterocycles. The predicted molar refractivity (Wildman–Crippen MR) is 70.4 cm³/mol. The molecule has 94 valence electrons. The number of amides is 1. The molecule has 1 N–H and O–H groups in total. The maximum absolute atomic E-state index is 12.0. The maximum Gasteiger partial charge on any atom is 0.252 e. The zero-order chi connectivity index (χ0) is 13.2. The summed E-state index contributed by atoms with van der Waals surface area (Å²) in [6.07, 6.45) is 2.44. The van der Waals surface area contributed by atoms with E-state index in [1.54, 1.807) is 25.3 Å². The highest BCUT2D eigenvalue weighted by molar-refractivity contribution is 9.10. The number of ether oxygens (including phenoxy) is 1. The van der Waals surface area contributed by atoms with Gasteiger partial charge in [0.1, 0.15) is 11.3 Å². The molecule has 0 atom stereocenters. The van der Waals surface area contributed by atoms with Gasteiger partial charge in [-0.05, 0) is 53.4 Å². The first-order chi connectivity index (χ1) is 8.60. The summed E-state index contributed by atoms with van der Waals surface area (Å²) in [6.45, 7) is 0. The highest BCUT2D eigenvalue weighted by atomic mass is 79.9. The Bertz CT molecular complexity index is 518. The molecule has 0 aromatic heterocycles. The quantitative estimate of drug-likeness (QED) is 0.933. The molecule has 1 aliphatic carbocycles. The molecule has 0 unspecified atom stereocenters. The molecule has 1 fully saturated rings. The first kappa shape index (κ1) is 12.9. The Labute approximate surface area is 114 Å². The van der Waals surface area contributed by atoms with E-state index in [4.69, 9.17) is 10.00 Å². The third-order valence-electron chi connectivity index (χ3n) is 3.19. The Hall–Kier alpha value is -1.54. The first-order valence-corrected chi connectivity index (χ1v) is 6.47. The summed E-state index contributed by atoms with van der Waals surface area (Å²) in [5, 5.41) is 11.9. The molecule has 4 nitrogen and oxygen atoms in total. The van der Waals surface area contributed by atoms with Crippen molar-refractivity contribution in [2.45, 2.75) is 24.8 Å². The molecule has 0 spiro atoms. The summed E-state index contributed by atoms with van der Waals surface area (Å²) in [5.41, 5.74) is -0.145. The zero-order valence-electron chi connectivity index (χ0n) is 10.00. The standard InChI is InChI=1S/C13H13BrN2O2/c1-18-11-4-3-9(7-10(11)14)12(17)16-13(8-15)5-2-6-13/h3-4,7H,2,5-6H2,1H3,(H,16,17). The number of methoxy groups -OCH3 is 1. The second kappa shape index (κ2) is 4.99. The van der Waals surface area contributed by atoms with Gasteiger partial charge >= 0.3 is 0 Å². The SMILES string of the molecule is COc1ccc(C(=O)NC2(C#N)CCC2)cc1Br. The molecule has 0 bridgehead atoms. The van der Waals surface area contributed by atoms with Crippen LogP contribution in [0.1, 0.15) is 29.6 Å². The van der Waals surface area contributed by atoms with E-state index in [9.17, 15) is 4.79 Å². The van der Waals surface area contributed by atoms with Gasteiger partial charge in [0.15, 0.2) is 0 Å². The van der Waals surface area contributed by atoms with Crippen molar-refractivity contribution >= 4 is 21.8 Å². The number of carbonyl (C=O) groups excluding carboxylic acids is 1. The van der Waals surface area contributed by atoms with Gasteiger partial charge in [0.2, 0.25) is 0 Å². The minimum Gasteiger partial charge on any atom is -0.496 e. The van der Waals surface area contributed by atoms with Crippen LogP contribution in [0.5, 0.6) is 5.75 Å². The summed E-state index contributed by atoms with van der Waals surface area (Å²) < 4.78 is 5.82. The molecule has 5 heteroatoms. The molecular weight excluding hydrogens is 296 g/mol. The molecule has 0 saturated heterocycles. The van der Waals surface area contributed by atoms with E-state index in [1.165, 1.54) is 0 Å². The van der Waals surface area contributed by atoms with Crippen LogP contribution in [-0.2, 0) is 0 Å². The topological polar surface area (TPSA) is 62.1 Å². The van der Waals surface area contributed by atoms with Crippen LogP contribution in [0, 0.1) is 11.3 Å². The van der Waals surface area contributed by atoms with E-state index in [1.807, 2.05) is 0 Å². The molecule has 0 radical (unpaired) electrons. The normalized spacial score (nSPS) is 16.3. The number of benzene rings is 1.